The first-order chi connectivity index (χ1) is 8.38. The number of Topliss-reactive ketones (excluding diaryl/α,β-unsaturated/α-hetero) is 1. The van der Waals surface area contributed by atoms with Gasteiger partial charge in [-0.1, -0.05) is 13.8 Å². The summed E-state index contributed by atoms with van der Waals surface area (Å²) in [4.78, 5) is 14.5. The summed E-state index contributed by atoms with van der Waals surface area (Å²) in [6, 6.07) is 0.454. The highest BCUT2D eigenvalue weighted by Crippen LogP contribution is 2.36. The number of carbonyl (C=O) groups is 1. The molecule has 0 bridgehead atoms. The van der Waals surface area contributed by atoms with E-state index in [9.17, 15) is 4.79 Å². The molecule has 3 heteroatoms. The topological polar surface area (TPSA) is 29.5 Å². The second kappa shape index (κ2) is 6.37. The molecule has 0 aromatic heterocycles. The molecular weight excluding hydrogens is 226 g/mol. The van der Waals surface area contributed by atoms with Crippen LogP contribution < -0.4 is 0 Å². The summed E-state index contributed by atoms with van der Waals surface area (Å²) in [7, 11) is 0. The van der Waals surface area contributed by atoms with Gasteiger partial charge < -0.3 is 9.64 Å². The highest BCUT2D eigenvalue weighted by molar-refractivity contribution is 5.96. The predicted octanol–water partition coefficient (Wildman–Crippen LogP) is 3.01. The van der Waals surface area contributed by atoms with Crippen LogP contribution in [0.3, 0.4) is 0 Å². The zero-order valence-corrected chi connectivity index (χ0v) is 12.5. The smallest absolute Gasteiger partial charge is 0.163 e. The van der Waals surface area contributed by atoms with Gasteiger partial charge in [0.2, 0.25) is 0 Å². The van der Waals surface area contributed by atoms with Gasteiger partial charge in [0.05, 0.1) is 6.61 Å². The van der Waals surface area contributed by atoms with Crippen LogP contribution in [0.25, 0.3) is 0 Å². The fraction of sp³-hybridized carbons (Fsp3) is 0.800. The third kappa shape index (κ3) is 3.84. The molecule has 18 heavy (non-hydrogen) atoms. The Kier molecular flexibility index (Phi) is 5.39. The van der Waals surface area contributed by atoms with E-state index in [4.69, 9.17) is 4.74 Å². The van der Waals surface area contributed by atoms with E-state index in [1.54, 1.807) is 0 Å². The number of allylic oxidation sites excluding steroid dienone is 1. The number of carbonyl (C=O) groups excluding carboxylic acids is 1. The summed E-state index contributed by atoms with van der Waals surface area (Å²) in [5.41, 5.74) is 0.955. The molecule has 1 heterocycles. The molecule has 0 saturated carbocycles. The Balaban J connectivity index is 2.76. The minimum Gasteiger partial charge on any atom is -0.381 e. The third-order valence-corrected chi connectivity index (χ3v) is 3.66. The molecule has 0 N–H and O–H groups in total. The van der Waals surface area contributed by atoms with Crippen LogP contribution in [0.15, 0.2) is 11.8 Å². The molecule has 0 fully saturated rings. The van der Waals surface area contributed by atoms with Crippen LogP contribution in [0.5, 0.6) is 0 Å². The lowest BCUT2D eigenvalue weighted by molar-refractivity contribution is -0.117. The average Bonchev–Trinajstić information content (AvgIpc) is 2.28. The Morgan fingerprint density at radius 1 is 1.50 bits per heavy atom. The zero-order valence-electron chi connectivity index (χ0n) is 12.5. The van der Waals surface area contributed by atoms with E-state index >= 15 is 0 Å². The van der Waals surface area contributed by atoms with Gasteiger partial charge in [-0.05, 0) is 32.6 Å². The maximum absolute atomic E-state index is 12.3. The highest BCUT2D eigenvalue weighted by Gasteiger charge is 2.32. The molecule has 1 aliphatic heterocycles. The largest absolute Gasteiger partial charge is 0.381 e. The van der Waals surface area contributed by atoms with Crippen LogP contribution in [-0.2, 0) is 9.53 Å². The van der Waals surface area contributed by atoms with Crippen molar-refractivity contribution in [2.75, 3.05) is 19.8 Å². The average molecular weight is 253 g/mol. The molecule has 0 radical (unpaired) electrons. The first-order valence-corrected chi connectivity index (χ1v) is 6.97. The zero-order chi connectivity index (χ0) is 13.8. The Bertz CT molecular complexity index is 318. The number of hydrogen-bond donors (Lipinski definition) is 0. The molecule has 1 aliphatic rings. The Labute approximate surface area is 111 Å². The number of rotatable bonds is 6. The molecular formula is C15H27NO2. The van der Waals surface area contributed by atoms with Crippen molar-refractivity contribution in [3.05, 3.63) is 11.8 Å². The molecule has 1 rings (SSSR count). The van der Waals surface area contributed by atoms with Crippen LogP contribution in [-0.4, -0.2) is 36.5 Å². The lowest BCUT2D eigenvalue weighted by Gasteiger charge is -2.39. The molecule has 0 spiro atoms. The van der Waals surface area contributed by atoms with Gasteiger partial charge in [-0.15, -0.1) is 0 Å². The Morgan fingerprint density at radius 2 is 2.17 bits per heavy atom. The van der Waals surface area contributed by atoms with Gasteiger partial charge in [0.25, 0.3) is 0 Å². The summed E-state index contributed by atoms with van der Waals surface area (Å²) < 4.78 is 5.28. The van der Waals surface area contributed by atoms with Crippen LogP contribution >= 0.6 is 0 Å². The summed E-state index contributed by atoms with van der Waals surface area (Å²) >= 11 is 0. The van der Waals surface area contributed by atoms with Crippen molar-refractivity contribution in [3.63, 3.8) is 0 Å². The third-order valence-electron chi connectivity index (χ3n) is 3.66. The van der Waals surface area contributed by atoms with Crippen molar-refractivity contribution < 1.29 is 9.53 Å². The number of ketones is 1. The van der Waals surface area contributed by atoms with Crippen molar-refractivity contribution in [1.82, 2.24) is 4.90 Å². The van der Waals surface area contributed by atoms with Gasteiger partial charge in [0.1, 0.15) is 0 Å². The monoisotopic (exact) mass is 253 g/mol. The molecule has 0 aliphatic carbocycles. The van der Waals surface area contributed by atoms with Gasteiger partial charge in [-0.2, -0.15) is 0 Å². The molecule has 3 nitrogen and oxygen atoms in total. The van der Waals surface area contributed by atoms with Gasteiger partial charge >= 0.3 is 0 Å². The van der Waals surface area contributed by atoms with E-state index in [1.807, 2.05) is 6.92 Å². The van der Waals surface area contributed by atoms with Crippen molar-refractivity contribution in [2.45, 2.75) is 53.5 Å². The van der Waals surface area contributed by atoms with Gasteiger partial charge in [-0.3, -0.25) is 4.79 Å². The summed E-state index contributed by atoms with van der Waals surface area (Å²) in [6.07, 6.45) is 3.61. The standard InChI is InChI=1S/C15H27NO2/c1-6-18-10-7-14(17)13-11-16(12(2)3)9-8-15(13,4)5/h11-12H,6-10H2,1-5H3. The molecule has 0 atom stereocenters. The molecule has 0 aromatic rings. The first kappa shape index (κ1) is 15.2. The van der Waals surface area contributed by atoms with Crippen molar-refractivity contribution in [2.24, 2.45) is 5.41 Å². The van der Waals surface area contributed by atoms with Gasteiger partial charge in [-0.25, -0.2) is 0 Å². The van der Waals surface area contributed by atoms with Crippen LogP contribution in [0.2, 0.25) is 0 Å². The lowest BCUT2D eigenvalue weighted by Crippen LogP contribution is -2.38. The van der Waals surface area contributed by atoms with E-state index < -0.39 is 0 Å². The quantitative estimate of drug-likeness (QED) is 0.682. The summed E-state index contributed by atoms with van der Waals surface area (Å²) in [5, 5.41) is 0. The van der Waals surface area contributed by atoms with Gasteiger partial charge in [0.15, 0.2) is 5.78 Å². The number of hydrogen-bond acceptors (Lipinski definition) is 3. The maximum Gasteiger partial charge on any atom is 0.163 e. The number of ether oxygens (including phenoxy) is 1. The second-order valence-electron chi connectivity index (χ2n) is 5.88. The van der Waals surface area contributed by atoms with Crippen molar-refractivity contribution >= 4 is 5.78 Å². The Morgan fingerprint density at radius 3 is 2.72 bits per heavy atom. The minimum absolute atomic E-state index is 0.00527. The summed E-state index contributed by atoms with van der Waals surface area (Å²) in [6.45, 7) is 12.8. The summed E-state index contributed by atoms with van der Waals surface area (Å²) in [5.74, 6) is 0.235. The second-order valence-corrected chi connectivity index (χ2v) is 5.88. The van der Waals surface area contributed by atoms with Crippen molar-refractivity contribution in [1.29, 1.82) is 0 Å². The fourth-order valence-electron chi connectivity index (χ4n) is 2.25. The molecule has 0 saturated heterocycles. The van der Waals surface area contributed by atoms with Crippen LogP contribution in [0, 0.1) is 5.41 Å². The van der Waals surface area contributed by atoms with E-state index in [0.717, 1.165) is 18.5 Å². The normalized spacial score (nSPS) is 19.0. The molecule has 0 aromatic carbocycles. The minimum atomic E-state index is -0.00527. The number of nitrogens with zero attached hydrogens (tertiary/aromatic N) is 1. The van der Waals surface area contributed by atoms with Crippen molar-refractivity contribution in [3.8, 4) is 0 Å². The lowest BCUT2D eigenvalue weighted by atomic mass is 9.76. The predicted molar refractivity (Wildman–Crippen MR) is 74.4 cm³/mol. The van der Waals surface area contributed by atoms with E-state index in [1.165, 1.54) is 0 Å². The first-order valence-electron chi connectivity index (χ1n) is 6.97. The molecule has 0 unspecified atom stereocenters. The van der Waals surface area contributed by atoms with E-state index in [2.05, 4.69) is 38.8 Å². The van der Waals surface area contributed by atoms with Crippen LogP contribution in [0.1, 0.15) is 47.5 Å². The van der Waals surface area contributed by atoms with E-state index in [0.29, 0.717) is 25.7 Å². The SMILES string of the molecule is CCOCCC(=O)C1=CN(C(C)C)CCC1(C)C. The Hall–Kier alpha value is -0.830. The maximum atomic E-state index is 12.3. The highest BCUT2D eigenvalue weighted by atomic mass is 16.5. The van der Waals surface area contributed by atoms with E-state index in [-0.39, 0.29) is 11.2 Å². The van der Waals surface area contributed by atoms with Crippen LogP contribution in [0.4, 0.5) is 0 Å². The molecule has 104 valence electrons. The van der Waals surface area contributed by atoms with Gasteiger partial charge in [0, 0.05) is 37.4 Å². The molecule has 0 amide bonds. The fourth-order valence-corrected chi connectivity index (χ4v) is 2.25.